The van der Waals surface area contributed by atoms with Gasteiger partial charge < -0.3 is 15.5 Å². The average Bonchev–Trinajstić information content (AvgIpc) is 2.54. The van der Waals surface area contributed by atoms with Gasteiger partial charge in [-0.3, -0.25) is 4.99 Å². The van der Waals surface area contributed by atoms with Crippen molar-refractivity contribution in [3.8, 4) is 0 Å². The molecule has 0 saturated carbocycles. The number of hydrogen-bond donors (Lipinski definition) is 2. The zero-order chi connectivity index (χ0) is 16.5. The van der Waals surface area contributed by atoms with Crippen LogP contribution >= 0.6 is 0 Å². The standard InChI is InChI=1S/C18H29FN4/c1-3-20-18(22-14-16-8-11-23(2)12-9-16)21-10-7-15-5-4-6-17(19)13-15/h4-6,13,16H,3,7-12,14H2,1-2H3,(H2,20,21,22). The Morgan fingerprint density at radius 2 is 2.09 bits per heavy atom. The number of nitrogens with zero attached hydrogens (tertiary/aromatic N) is 2. The highest BCUT2D eigenvalue weighted by Crippen LogP contribution is 2.15. The summed E-state index contributed by atoms with van der Waals surface area (Å²) < 4.78 is 13.2. The monoisotopic (exact) mass is 320 g/mol. The first-order valence-corrected chi connectivity index (χ1v) is 8.62. The second kappa shape index (κ2) is 9.50. The Balaban J connectivity index is 1.77. The molecule has 0 atom stereocenters. The lowest BCUT2D eigenvalue weighted by atomic mass is 9.97. The molecule has 1 heterocycles. The highest BCUT2D eigenvalue weighted by molar-refractivity contribution is 5.79. The van der Waals surface area contributed by atoms with Gasteiger partial charge in [0.2, 0.25) is 0 Å². The fraction of sp³-hybridized carbons (Fsp3) is 0.611. The summed E-state index contributed by atoms with van der Waals surface area (Å²) in [5.74, 6) is 1.37. The molecule has 0 bridgehead atoms. The predicted molar refractivity (Wildman–Crippen MR) is 94.3 cm³/mol. The van der Waals surface area contributed by atoms with Crippen LogP contribution in [0.25, 0.3) is 0 Å². The molecule has 0 amide bonds. The Hall–Kier alpha value is -1.62. The molecule has 0 radical (unpaired) electrons. The summed E-state index contributed by atoms with van der Waals surface area (Å²) in [5.41, 5.74) is 1.00. The van der Waals surface area contributed by atoms with Gasteiger partial charge in [-0.2, -0.15) is 0 Å². The van der Waals surface area contributed by atoms with E-state index in [2.05, 4.69) is 29.5 Å². The van der Waals surface area contributed by atoms with Crippen LogP contribution in [-0.2, 0) is 6.42 Å². The minimum atomic E-state index is -0.176. The third kappa shape index (κ3) is 6.57. The fourth-order valence-corrected chi connectivity index (χ4v) is 2.82. The van der Waals surface area contributed by atoms with Crippen molar-refractivity contribution in [1.29, 1.82) is 0 Å². The van der Waals surface area contributed by atoms with E-state index in [4.69, 9.17) is 4.99 Å². The summed E-state index contributed by atoms with van der Waals surface area (Å²) >= 11 is 0. The van der Waals surface area contributed by atoms with Crippen molar-refractivity contribution in [3.05, 3.63) is 35.6 Å². The maximum absolute atomic E-state index is 13.2. The minimum Gasteiger partial charge on any atom is -0.357 e. The second-order valence-electron chi connectivity index (χ2n) is 6.27. The second-order valence-corrected chi connectivity index (χ2v) is 6.27. The Morgan fingerprint density at radius 1 is 1.30 bits per heavy atom. The number of piperidine rings is 1. The number of benzene rings is 1. The molecular formula is C18H29FN4. The Morgan fingerprint density at radius 3 is 2.78 bits per heavy atom. The number of halogens is 1. The van der Waals surface area contributed by atoms with Crippen LogP contribution in [0.4, 0.5) is 4.39 Å². The van der Waals surface area contributed by atoms with Crippen LogP contribution in [0.1, 0.15) is 25.3 Å². The lowest BCUT2D eigenvalue weighted by molar-refractivity contribution is 0.223. The van der Waals surface area contributed by atoms with Gasteiger partial charge in [-0.25, -0.2) is 4.39 Å². The predicted octanol–water partition coefficient (Wildman–Crippen LogP) is 2.27. The van der Waals surface area contributed by atoms with Gasteiger partial charge in [0.15, 0.2) is 5.96 Å². The van der Waals surface area contributed by atoms with Gasteiger partial charge >= 0.3 is 0 Å². The van der Waals surface area contributed by atoms with E-state index < -0.39 is 0 Å². The van der Waals surface area contributed by atoms with Gasteiger partial charge in [-0.05, 0) is 69.9 Å². The maximum Gasteiger partial charge on any atom is 0.191 e. The molecule has 0 aliphatic carbocycles. The number of hydrogen-bond acceptors (Lipinski definition) is 2. The van der Waals surface area contributed by atoms with Crippen LogP contribution in [0.2, 0.25) is 0 Å². The molecule has 128 valence electrons. The van der Waals surface area contributed by atoms with Crippen molar-refractivity contribution in [3.63, 3.8) is 0 Å². The summed E-state index contributed by atoms with van der Waals surface area (Å²) in [6.45, 7) is 6.89. The summed E-state index contributed by atoms with van der Waals surface area (Å²) in [6, 6.07) is 6.77. The molecule has 5 heteroatoms. The van der Waals surface area contributed by atoms with Crippen LogP contribution < -0.4 is 10.6 Å². The average molecular weight is 320 g/mol. The van der Waals surface area contributed by atoms with Crippen molar-refractivity contribution < 1.29 is 4.39 Å². The number of aliphatic imine (C=N–C) groups is 1. The molecular weight excluding hydrogens is 291 g/mol. The van der Waals surface area contributed by atoms with E-state index in [1.165, 1.54) is 32.0 Å². The SMILES string of the molecule is CCNC(=NCC1CCN(C)CC1)NCCc1cccc(F)c1. The summed E-state index contributed by atoms with van der Waals surface area (Å²) in [6.07, 6.45) is 3.24. The molecule has 1 fully saturated rings. The first kappa shape index (κ1) is 17.7. The topological polar surface area (TPSA) is 39.7 Å². The Bertz CT molecular complexity index is 496. The van der Waals surface area contributed by atoms with E-state index in [0.29, 0.717) is 5.92 Å². The number of likely N-dealkylation sites (tertiary alicyclic amines) is 1. The van der Waals surface area contributed by atoms with E-state index in [0.717, 1.165) is 37.6 Å². The van der Waals surface area contributed by atoms with E-state index in [-0.39, 0.29) is 5.82 Å². The lowest BCUT2D eigenvalue weighted by Crippen LogP contribution is -2.39. The molecule has 1 saturated heterocycles. The molecule has 1 aliphatic heterocycles. The van der Waals surface area contributed by atoms with Crippen LogP contribution in [0.5, 0.6) is 0 Å². The third-order valence-electron chi connectivity index (χ3n) is 4.29. The van der Waals surface area contributed by atoms with Crippen molar-refractivity contribution in [2.75, 3.05) is 39.8 Å². The number of nitrogens with one attached hydrogen (secondary N) is 2. The molecule has 0 aromatic heterocycles. The molecule has 1 aromatic rings. The molecule has 1 aromatic carbocycles. The molecule has 0 unspecified atom stereocenters. The van der Waals surface area contributed by atoms with Gasteiger partial charge in [-0.1, -0.05) is 12.1 Å². The minimum absolute atomic E-state index is 0.176. The quantitative estimate of drug-likeness (QED) is 0.624. The summed E-state index contributed by atoms with van der Waals surface area (Å²) in [7, 11) is 2.18. The van der Waals surface area contributed by atoms with E-state index >= 15 is 0 Å². The van der Waals surface area contributed by atoms with E-state index in [9.17, 15) is 4.39 Å². The van der Waals surface area contributed by atoms with Crippen molar-refractivity contribution in [1.82, 2.24) is 15.5 Å². The highest BCUT2D eigenvalue weighted by Gasteiger charge is 2.16. The van der Waals surface area contributed by atoms with Crippen molar-refractivity contribution in [2.24, 2.45) is 10.9 Å². The Labute approximate surface area is 139 Å². The van der Waals surface area contributed by atoms with E-state index in [1.54, 1.807) is 12.1 Å². The van der Waals surface area contributed by atoms with Gasteiger partial charge in [-0.15, -0.1) is 0 Å². The largest absolute Gasteiger partial charge is 0.357 e. The van der Waals surface area contributed by atoms with Crippen LogP contribution in [0, 0.1) is 11.7 Å². The molecule has 2 rings (SSSR count). The smallest absolute Gasteiger partial charge is 0.191 e. The van der Waals surface area contributed by atoms with Crippen molar-refractivity contribution in [2.45, 2.75) is 26.2 Å². The molecule has 0 spiro atoms. The van der Waals surface area contributed by atoms with Gasteiger partial charge in [0.25, 0.3) is 0 Å². The first-order valence-electron chi connectivity index (χ1n) is 8.62. The van der Waals surface area contributed by atoms with Gasteiger partial charge in [0.1, 0.15) is 5.82 Å². The van der Waals surface area contributed by atoms with Crippen LogP contribution in [0.3, 0.4) is 0 Å². The third-order valence-corrected chi connectivity index (χ3v) is 4.29. The number of guanidine groups is 1. The summed E-state index contributed by atoms with van der Waals surface area (Å²) in [5, 5.41) is 6.63. The molecule has 4 nitrogen and oxygen atoms in total. The summed E-state index contributed by atoms with van der Waals surface area (Å²) in [4.78, 5) is 7.09. The van der Waals surface area contributed by atoms with Crippen molar-refractivity contribution >= 4 is 5.96 Å². The zero-order valence-corrected chi connectivity index (χ0v) is 14.3. The van der Waals surface area contributed by atoms with Gasteiger partial charge in [0, 0.05) is 19.6 Å². The molecule has 1 aliphatic rings. The van der Waals surface area contributed by atoms with Crippen LogP contribution in [-0.4, -0.2) is 50.6 Å². The highest BCUT2D eigenvalue weighted by atomic mass is 19.1. The van der Waals surface area contributed by atoms with E-state index in [1.807, 2.05) is 6.07 Å². The lowest BCUT2D eigenvalue weighted by Gasteiger charge is -2.28. The molecule has 2 N–H and O–H groups in total. The maximum atomic E-state index is 13.2. The Kier molecular flexibility index (Phi) is 7.33. The van der Waals surface area contributed by atoms with Crippen LogP contribution in [0.15, 0.2) is 29.3 Å². The normalized spacial score (nSPS) is 17.3. The first-order chi connectivity index (χ1) is 11.2. The zero-order valence-electron chi connectivity index (χ0n) is 14.3. The fourth-order valence-electron chi connectivity index (χ4n) is 2.82. The molecule has 23 heavy (non-hydrogen) atoms. The van der Waals surface area contributed by atoms with Gasteiger partial charge in [0.05, 0.1) is 0 Å². The number of rotatable bonds is 6.